The molecule has 3 heteroatoms. The third kappa shape index (κ3) is 2.78. The van der Waals surface area contributed by atoms with Crippen LogP contribution in [0.15, 0.2) is 18.3 Å². The number of pyridine rings is 1. The van der Waals surface area contributed by atoms with Crippen LogP contribution in [0.25, 0.3) is 0 Å². The normalized spacial score (nSPS) is 26.9. The topological polar surface area (TPSA) is 36.4 Å². The van der Waals surface area contributed by atoms with Crippen molar-refractivity contribution < 1.29 is 5.11 Å². The van der Waals surface area contributed by atoms with Crippen molar-refractivity contribution in [3.05, 3.63) is 23.9 Å². The summed E-state index contributed by atoms with van der Waals surface area (Å²) in [6.07, 6.45) is 2.60. The Labute approximate surface area is 103 Å². The van der Waals surface area contributed by atoms with Crippen LogP contribution < -0.4 is 4.90 Å². The van der Waals surface area contributed by atoms with E-state index >= 15 is 0 Å². The first kappa shape index (κ1) is 12.4. The van der Waals surface area contributed by atoms with Gasteiger partial charge in [0.1, 0.15) is 5.82 Å². The Bertz CT molecular complexity index is 378. The summed E-state index contributed by atoms with van der Waals surface area (Å²) in [7, 11) is 0. The lowest BCUT2D eigenvalue weighted by molar-refractivity contribution is 0.199. The summed E-state index contributed by atoms with van der Waals surface area (Å²) in [5.41, 5.74) is 0.946. The van der Waals surface area contributed by atoms with Crippen LogP contribution in [0.4, 0.5) is 5.82 Å². The predicted octanol–water partition coefficient (Wildman–Crippen LogP) is 2.62. The summed E-state index contributed by atoms with van der Waals surface area (Å²) < 4.78 is 0. The fourth-order valence-corrected chi connectivity index (χ4v) is 2.34. The van der Waals surface area contributed by atoms with Crippen LogP contribution in [0.3, 0.4) is 0 Å². The van der Waals surface area contributed by atoms with Gasteiger partial charge in [0, 0.05) is 19.3 Å². The molecule has 1 fully saturated rings. The third-order valence-electron chi connectivity index (χ3n) is 3.91. The van der Waals surface area contributed by atoms with Gasteiger partial charge in [-0.3, -0.25) is 0 Å². The van der Waals surface area contributed by atoms with Crippen molar-refractivity contribution in [2.24, 2.45) is 11.8 Å². The fourth-order valence-electron chi connectivity index (χ4n) is 2.34. The molecular formula is C14H22N2O. The van der Waals surface area contributed by atoms with Crippen LogP contribution in [0.5, 0.6) is 0 Å². The highest BCUT2D eigenvalue weighted by molar-refractivity contribution is 5.42. The summed E-state index contributed by atoms with van der Waals surface area (Å²) in [6.45, 7) is 8.55. The molecule has 1 saturated heterocycles. The highest BCUT2D eigenvalue weighted by Crippen LogP contribution is 2.26. The van der Waals surface area contributed by atoms with E-state index in [1.807, 2.05) is 12.1 Å². The van der Waals surface area contributed by atoms with Gasteiger partial charge in [-0.2, -0.15) is 0 Å². The molecule has 0 spiro atoms. The molecule has 0 aliphatic carbocycles. The smallest absolute Gasteiger partial charge is 0.128 e. The minimum absolute atomic E-state index is 0.419. The van der Waals surface area contributed by atoms with Crippen molar-refractivity contribution in [1.82, 2.24) is 4.98 Å². The predicted molar refractivity (Wildman–Crippen MR) is 70.0 cm³/mol. The molecular weight excluding hydrogens is 212 g/mol. The van der Waals surface area contributed by atoms with Gasteiger partial charge in [-0.15, -0.1) is 0 Å². The first-order valence-electron chi connectivity index (χ1n) is 6.47. The van der Waals surface area contributed by atoms with Gasteiger partial charge in [-0.1, -0.05) is 13.8 Å². The van der Waals surface area contributed by atoms with E-state index in [1.54, 1.807) is 13.1 Å². The van der Waals surface area contributed by atoms with Crippen LogP contribution in [0, 0.1) is 11.8 Å². The minimum Gasteiger partial charge on any atom is -0.389 e. The molecule has 0 bridgehead atoms. The number of piperidine rings is 1. The maximum absolute atomic E-state index is 9.59. The van der Waals surface area contributed by atoms with Crippen LogP contribution in [-0.4, -0.2) is 23.2 Å². The highest BCUT2D eigenvalue weighted by atomic mass is 16.3. The van der Waals surface area contributed by atoms with Gasteiger partial charge < -0.3 is 10.0 Å². The number of hydrogen-bond donors (Lipinski definition) is 1. The van der Waals surface area contributed by atoms with Gasteiger partial charge >= 0.3 is 0 Å². The maximum Gasteiger partial charge on any atom is 0.128 e. The van der Waals surface area contributed by atoms with Crippen molar-refractivity contribution >= 4 is 5.82 Å². The Kier molecular flexibility index (Phi) is 3.67. The Morgan fingerprint density at radius 3 is 2.82 bits per heavy atom. The number of rotatable bonds is 2. The molecule has 1 aromatic rings. The molecule has 3 nitrogen and oxygen atoms in total. The zero-order valence-corrected chi connectivity index (χ0v) is 10.9. The lowest BCUT2D eigenvalue weighted by atomic mass is 9.89. The zero-order valence-electron chi connectivity index (χ0n) is 10.9. The second-order valence-corrected chi connectivity index (χ2v) is 5.31. The van der Waals surface area contributed by atoms with E-state index in [0.717, 1.165) is 30.4 Å². The number of aromatic nitrogens is 1. The van der Waals surface area contributed by atoms with Crippen LogP contribution in [-0.2, 0) is 0 Å². The van der Waals surface area contributed by atoms with E-state index in [2.05, 4.69) is 23.7 Å². The Hall–Kier alpha value is -1.09. The molecule has 17 heavy (non-hydrogen) atoms. The molecule has 0 aromatic carbocycles. The summed E-state index contributed by atoms with van der Waals surface area (Å²) in [5, 5.41) is 9.59. The molecule has 3 atom stereocenters. The van der Waals surface area contributed by atoms with Gasteiger partial charge in [-0.05, 0) is 42.9 Å². The first-order valence-corrected chi connectivity index (χ1v) is 6.47. The molecule has 94 valence electrons. The molecule has 2 rings (SSSR count). The summed E-state index contributed by atoms with van der Waals surface area (Å²) >= 11 is 0. The van der Waals surface area contributed by atoms with E-state index in [0.29, 0.717) is 5.92 Å². The van der Waals surface area contributed by atoms with Gasteiger partial charge in [0.25, 0.3) is 0 Å². The van der Waals surface area contributed by atoms with E-state index in [9.17, 15) is 5.11 Å². The Morgan fingerprint density at radius 1 is 1.41 bits per heavy atom. The quantitative estimate of drug-likeness (QED) is 0.854. The second kappa shape index (κ2) is 5.05. The zero-order chi connectivity index (χ0) is 12.4. The van der Waals surface area contributed by atoms with Gasteiger partial charge in [0.15, 0.2) is 0 Å². The number of hydrogen-bond acceptors (Lipinski definition) is 3. The van der Waals surface area contributed by atoms with E-state index in [4.69, 9.17) is 0 Å². The average Bonchev–Trinajstić information content (AvgIpc) is 2.33. The van der Waals surface area contributed by atoms with Gasteiger partial charge in [-0.25, -0.2) is 4.98 Å². The average molecular weight is 234 g/mol. The number of anilines is 1. The van der Waals surface area contributed by atoms with Crippen LogP contribution in [0.1, 0.15) is 38.9 Å². The SMILES string of the molecule is CC1CCN(c2cc([C@H](C)O)ccn2)CC1C. The highest BCUT2D eigenvalue weighted by Gasteiger charge is 2.23. The van der Waals surface area contributed by atoms with Crippen molar-refractivity contribution in [2.45, 2.75) is 33.3 Å². The number of aliphatic hydroxyl groups is 1. The minimum atomic E-state index is -0.419. The first-order chi connectivity index (χ1) is 8.08. The molecule has 1 aliphatic heterocycles. The molecule has 0 saturated carbocycles. The molecule has 2 heterocycles. The molecule has 1 N–H and O–H groups in total. The largest absolute Gasteiger partial charge is 0.389 e. The van der Waals surface area contributed by atoms with E-state index < -0.39 is 6.10 Å². The number of nitrogens with zero attached hydrogens (tertiary/aromatic N) is 2. The maximum atomic E-state index is 9.59. The van der Waals surface area contributed by atoms with Crippen molar-refractivity contribution in [3.8, 4) is 0 Å². The second-order valence-electron chi connectivity index (χ2n) is 5.31. The third-order valence-corrected chi connectivity index (χ3v) is 3.91. The van der Waals surface area contributed by atoms with Crippen molar-refractivity contribution in [2.75, 3.05) is 18.0 Å². The molecule has 2 unspecified atom stereocenters. The van der Waals surface area contributed by atoms with Crippen LogP contribution in [0.2, 0.25) is 0 Å². The molecule has 1 aromatic heterocycles. The fraction of sp³-hybridized carbons (Fsp3) is 0.643. The Morgan fingerprint density at radius 2 is 2.18 bits per heavy atom. The lowest BCUT2D eigenvalue weighted by Gasteiger charge is -2.36. The van der Waals surface area contributed by atoms with Gasteiger partial charge in [0.2, 0.25) is 0 Å². The monoisotopic (exact) mass is 234 g/mol. The summed E-state index contributed by atoms with van der Waals surface area (Å²) in [6, 6.07) is 3.89. The van der Waals surface area contributed by atoms with E-state index in [1.165, 1.54) is 6.42 Å². The molecule has 0 radical (unpaired) electrons. The van der Waals surface area contributed by atoms with Crippen molar-refractivity contribution in [1.29, 1.82) is 0 Å². The van der Waals surface area contributed by atoms with Crippen molar-refractivity contribution in [3.63, 3.8) is 0 Å². The lowest BCUT2D eigenvalue weighted by Crippen LogP contribution is -2.38. The Balaban J connectivity index is 2.14. The van der Waals surface area contributed by atoms with E-state index in [-0.39, 0.29) is 0 Å². The number of aliphatic hydroxyl groups excluding tert-OH is 1. The molecule has 1 aliphatic rings. The summed E-state index contributed by atoms with van der Waals surface area (Å²) in [5.74, 6) is 2.51. The van der Waals surface area contributed by atoms with Crippen LogP contribution >= 0.6 is 0 Å². The van der Waals surface area contributed by atoms with Gasteiger partial charge in [0.05, 0.1) is 6.10 Å². The standard InChI is InChI=1S/C14H22N2O/c1-10-5-7-16(9-11(10)2)14-8-13(12(3)17)4-6-15-14/h4,6,8,10-12,17H,5,7,9H2,1-3H3/t10?,11?,12-/m0/s1. The molecule has 0 amide bonds. The summed E-state index contributed by atoms with van der Waals surface area (Å²) in [4.78, 5) is 6.75.